The molecule has 0 bridgehead atoms. The van der Waals surface area contributed by atoms with Crippen molar-refractivity contribution in [1.29, 1.82) is 0 Å². The number of carboxylic acids is 1. The lowest BCUT2D eigenvalue weighted by Gasteiger charge is -2.26. The van der Waals surface area contributed by atoms with Gasteiger partial charge in [-0.25, -0.2) is 4.79 Å². The Balaban J connectivity index is 4.26. The van der Waals surface area contributed by atoms with Crippen LogP contribution in [0.5, 0.6) is 0 Å². The van der Waals surface area contributed by atoms with E-state index in [0.29, 0.717) is 6.42 Å². The van der Waals surface area contributed by atoms with Crippen molar-refractivity contribution in [3.63, 3.8) is 0 Å². The van der Waals surface area contributed by atoms with Crippen LogP contribution in [0.1, 0.15) is 59.3 Å². The monoisotopic (exact) mass is 286 g/mol. The SMILES string of the molecule is CCCCCC[C@@](C)(NC(=O)CCNC(C)=O)C(=O)O. The maximum atomic E-state index is 11.7. The van der Waals surface area contributed by atoms with E-state index < -0.39 is 11.5 Å². The molecular weight excluding hydrogens is 260 g/mol. The molecule has 0 heterocycles. The van der Waals surface area contributed by atoms with E-state index in [1.807, 2.05) is 0 Å². The zero-order valence-corrected chi connectivity index (χ0v) is 12.6. The second kappa shape index (κ2) is 9.34. The molecule has 0 unspecified atom stereocenters. The highest BCUT2D eigenvalue weighted by Gasteiger charge is 2.33. The maximum absolute atomic E-state index is 11.7. The van der Waals surface area contributed by atoms with Crippen molar-refractivity contribution in [2.24, 2.45) is 0 Å². The molecule has 0 saturated heterocycles. The summed E-state index contributed by atoms with van der Waals surface area (Å²) in [4.78, 5) is 33.7. The quantitative estimate of drug-likeness (QED) is 0.530. The van der Waals surface area contributed by atoms with Gasteiger partial charge in [0.2, 0.25) is 11.8 Å². The van der Waals surface area contributed by atoms with Gasteiger partial charge in [0.05, 0.1) is 0 Å². The van der Waals surface area contributed by atoms with Crippen molar-refractivity contribution < 1.29 is 19.5 Å². The van der Waals surface area contributed by atoms with Crippen molar-refractivity contribution in [2.45, 2.75) is 64.8 Å². The van der Waals surface area contributed by atoms with Crippen molar-refractivity contribution >= 4 is 17.8 Å². The minimum Gasteiger partial charge on any atom is -0.480 e. The molecule has 6 nitrogen and oxygen atoms in total. The molecule has 1 atom stereocenters. The molecular formula is C14H26N2O4. The first-order chi connectivity index (χ1) is 9.31. The van der Waals surface area contributed by atoms with Gasteiger partial charge >= 0.3 is 5.97 Å². The molecule has 0 aromatic carbocycles. The Labute approximate surface area is 120 Å². The first-order valence-electron chi connectivity index (χ1n) is 7.10. The van der Waals surface area contributed by atoms with Crippen molar-refractivity contribution in [3.05, 3.63) is 0 Å². The smallest absolute Gasteiger partial charge is 0.329 e. The van der Waals surface area contributed by atoms with Gasteiger partial charge in [-0.15, -0.1) is 0 Å². The summed E-state index contributed by atoms with van der Waals surface area (Å²) in [6.45, 7) is 5.19. The molecule has 0 fully saturated rings. The number of hydrogen-bond acceptors (Lipinski definition) is 3. The van der Waals surface area contributed by atoms with E-state index in [9.17, 15) is 19.5 Å². The molecule has 0 aromatic rings. The van der Waals surface area contributed by atoms with Crippen LogP contribution in [0.15, 0.2) is 0 Å². The fraction of sp³-hybridized carbons (Fsp3) is 0.786. The summed E-state index contributed by atoms with van der Waals surface area (Å²) < 4.78 is 0. The summed E-state index contributed by atoms with van der Waals surface area (Å²) >= 11 is 0. The zero-order chi connectivity index (χ0) is 15.6. The minimum atomic E-state index is -1.24. The third-order valence-corrected chi connectivity index (χ3v) is 3.14. The molecule has 116 valence electrons. The van der Waals surface area contributed by atoms with Gasteiger partial charge in [-0.3, -0.25) is 9.59 Å². The predicted molar refractivity (Wildman–Crippen MR) is 76.2 cm³/mol. The number of unbranched alkanes of at least 4 members (excludes halogenated alkanes) is 3. The number of rotatable bonds is 10. The van der Waals surface area contributed by atoms with E-state index in [1.54, 1.807) is 0 Å². The fourth-order valence-electron chi connectivity index (χ4n) is 1.85. The highest BCUT2D eigenvalue weighted by molar-refractivity contribution is 5.86. The molecule has 0 aliphatic rings. The Morgan fingerprint density at radius 1 is 1.15 bits per heavy atom. The minimum absolute atomic E-state index is 0.0808. The first kappa shape index (κ1) is 18.4. The highest BCUT2D eigenvalue weighted by Crippen LogP contribution is 2.16. The van der Waals surface area contributed by atoms with Crippen LogP contribution in [0.4, 0.5) is 0 Å². The van der Waals surface area contributed by atoms with Crippen LogP contribution in [-0.4, -0.2) is 35.0 Å². The molecule has 0 aromatic heterocycles. The van der Waals surface area contributed by atoms with Gasteiger partial charge in [0, 0.05) is 19.9 Å². The lowest BCUT2D eigenvalue weighted by Crippen LogP contribution is -2.52. The van der Waals surface area contributed by atoms with Crippen LogP contribution in [0, 0.1) is 0 Å². The largest absolute Gasteiger partial charge is 0.480 e. The Morgan fingerprint density at radius 3 is 2.30 bits per heavy atom. The van der Waals surface area contributed by atoms with E-state index in [1.165, 1.54) is 13.8 Å². The standard InChI is InChI=1S/C14H26N2O4/c1-4-5-6-7-9-14(3,13(19)20)16-12(18)8-10-15-11(2)17/h4-10H2,1-3H3,(H,15,17)(H,16,18)(H,19,20)/t14-/m1/s1. The number of carbonyl (C=O) groups excluding carboxylic acids is 2. The molecule has 0 aliphatic carbocycles. The average molecular weight is 286 g/mol. The van der Waals surface area contributed by atoms with E-state index in [2.05, 4.69) is 17.6 Å². The Bertz CT molecular complexity index is 344. The van der Waals surface area contributed by atoms with Gasteiger partial charge in [0.25, 0.3) is 0 Å². The molecule has 0 saturated carbocycles. The van der Waals surface area contributed by atoms with Gasteiger partial charge in [-0.05, 0) is 13.3 Å². The van der Waals surface area contributed by atoms with E-state index in [-0.39, 0.29) is 24.8 Å². The summed E-state index contributed by atoms with van der Waals surface area (Å²) in [7, 11) is 0. The predicted octanol–water partition coefficient (Wildman–Crippen LogP) is 1.44. The summed E-state index contributed by atoms with van der Waals surface area (Å²) in [5.74, 6) is -1.60. The third kappa shape index (κ3) is 7.76. The summed E-state index contributed by atoms with van der Waals surface area (Å²) in [5, 5.41) is 14.3. The van der Waals surface area contributed by atoms with Gasteiger partial charge in [-0.2, -0.15) is 0 Å². The summed E-state index contributed by atoms with van der Waals surface area (Å²) in [6.07, 6.45) is 4.36. The molecule has 0 radical (unpaired) electrons. The molecule has 6 heteroatoms. The average Bonchev–Trinajstić information content (AvgIpc) is 2.34. The molecule has 3 N–H and O–H groups in total. The van der Waals surface area contributed by atoms with Crippen LogP contribution in [0.2, 0.25) is 0 Å². The Hall–Kier alpha value is -1.59. The van der Waals surface area contributed by atoms with Crippen molar-refractivity contribution in [1.82, 2.24) is 10.6 Å². The summed E-state index contributed by atoms with van der Waals surface area (Å²) in [5.41, 5.74) is -1.24. The first-order valence-corrected chi connectivity index (χ1v) is 7.10. The fourth-order valence-corrected chi connectivity index (χ4v) is 1.85. The van der Waals surface area contributed by atoms with E-state index >= 15 is 0 Å². The van der Waals surface area contributed by atoms with Gasteiger partial charge < -0.3 is 15.7 Å². The number of amides is 2. The van der Waals surface area contributed by atoms with Crippen LogP contribution < -0.4 is 10.6 Å². The van der Waals surface area contributed by atoms with Crippen LogP contribution >= 0.6 is 0 Å². The maximum Gasteiger partial charge on any atom is 0.329 e. The Morgan fingerprint density at radius 2 is 1.80 bits per heavy atom. The van der Waals surface area contributed by atoms with Crippen molar-refractivity contribution in [3.8, 4) is 0 Å². The van der Waals surface area contributed by atoms with Gasteiger partial charge in [-0.1, -0.05) is 32.6 Å². The number of nitrogens with one attached hydrogen (secondary N) is 2. The second-order valence-electron chi connectivity index (χ2n) is 5.23. The second-order valence-corrected chi connectivity index (χ2v) is 5.23. The van der Waals surface area contributed by atoms with Crippen molar-refractivity contribution in [2.75, 3.05) is 6.54 Å². The normalized spacial score (nSPS) is 13.3. The number of carbonyl (C=O) groups is 3. The van der Waals surface area contributed by atoms with E-state index in [0.717, 1.165) is 25.7 Å². The van der Waals surface area contributed by atoms with Gasteiger partial charge in [0.15, 0.2) is 0 Å². The number of aliphatic carboxylic acids is 1. The molecule has 0 rings (SSSR count). The zero-order valence-electron chi connectivity index (χ0n) is 12.6. The van der Waals surface area contributed by atoms with Crippen LogP contribution in [0.25, 0.3) is 0 Å². The topological polar surface area (TPSA) is 95.5 Å². The highest BCUT2D eigenvalue weighted by atomic mass is 16.4. The molecule has 0 spiro atoms. The number of hydrogen-bond donors (Lipinski definition) is 3. The summed E-state index contributed by atoms with van der Waals surface area (Å²) in [6, 6.07) is 0. The van der Waals surface area contributed by atoms with Crippen LogP contribution in [-0.2, 0) is 14.4 Å². The third-order valence-electron chi connectivity index (χ3n) is 3.14. The lowest BCUT2D eigenvalue weighted by atomic mass is 9.94. The number of carboxylic acid groups (broad SMARTS) is 1. The molecule has 20 heavy (non-hydrogen) atoms. The lowest BCUT2D eigenvalue weighted by molar-refractivity contribution is -0.147. The Kier molecular flexibility index (Phi) is 8.59. The van der Waals surface area contributed by atoms with E-state index in [4.69, 9.17) is 0 Å². The molecule has 2 amide bonds. The van der Waals surface area contributed by atoms with Gasteiger partial charge in [0.1, 0.15) is 5.54 Å². The molecule has 0 aliphatic heterocycles. The van der Waals surface area contributed by atoms with Crippen LogP contribution in [0.3, 0.4) is 0 Å².